The lowest BCUT2D eigenvalue weighted by Crippen LogP contribution is -2.46. The van der Waals surface area contributed by atoms with Crippen molar-refractivity contribution in [2.45, 2.75) is 26.3 Å². The van der Waals surface area contributed by atoms with E-state index in [0.29, 0.717) is 13.0 Å². The van der Waals surface area contributed by atoms with E-state index in [1.807, 2.05) is 0 Å². The summed E-state index contributed by atoms with van der Waals surface area (Å²) in [5.41, 5.74) is -0.622. The molecule has 1 rings (SSSR count). The number of likely N-dealkylation sites (tertiary alicyclic amines) is 1. The molecule has 0 aromatic heterocycles. The molecule has 2 amide bonds. The molecule has 1 aliphatic rings. The van der Waals surface area contributed by atoms with Gasteiger partial charge in [-0.1, -0.05) is 0 Å². The molecule has 0 spiro atoms. The molecule has 1 fully saturated rings. The maximum atomic E-state index is 11.7. The van der Waals surface area contributed by atoms with Gasteiger partial charge in [-0.15, -0.1) is 11.6 Å². The van der Waals surface area contributed by atoms with E-state index in [2.05, 4.69) is 5.32 Å². The summed E-state index contributed by atoms with van der Waals surface area (Å²) in [6, 6.07) is -0.370. The Bertz CT molecular complexity index is 279. The molecule has 1 saturated heterocycles. The first-order valence-electron chi connectivity index (χ1n) is 5.00. The van der Waals surface area contributed by atoms with Gasteiger partial charge < -0.3 is 10.2 Å². The van der Waals surface area contributed by atoms with E-state index in [1.165, 1.54) is 0 Å². The van der Waals surface area contributed by atoms with E-state index in [1.54, 1.807) is 25.8 Å². The van der Waals surface area contributed by atoms with Crippen molar-refractivity contribution in [3.8, 4) is 0 Å². The van der Waals surface area contributed by atoms with Crippen molar-refractivity contribution in [3.05, 3.63) is 0 Å². The van der Waals surface area contributed by atoms with Crippen molar-refractivity contribution in [2.24, 2.45) is 5.41 Å². The highest BCUT2D eigenvalue weighted by Crippen LogP contribution is 2.18. The summed E-state index contributed by atoms with van der Waals surface area (Å²) < 4.78 is 0. The van der Waals surface area contributed by atoms with Crippen LogP contribution >= 0.6 is 11.6 Å². The monoisotopic (exact) mass is 232 g/mol. The Hall–Kier alpha value is -0.770. The van der Waals surface area contributed by atoms with Gasteiger partial charge in [-0.3, -0.25) is 9.59 Å². The van der Waals surface area contributed by atoms with Gasteiger partial charge in [0.05, 0.1) is 5.41 Å². The second-order valence-electron chi connectivity index (χ2n) is 4.59. The summed E-state index contributed by atoms with van der Waals surface area (Å²) in [6.07, 6.45) is 0.680. The molecule has 15 heavy (non-hydrogen) atoms. The van der Waals surface area contributed by atoms with Crippen LogP contribution in [0.3, 0.4) is 0 Å². The maximum absolute atomic E-state index is 11.7. The van der Waals surface area contributed by atoms with Crippen LogP contribution in [-0.4, -0.2) is 42.2 Å². The van der Waals surface area contributed by atoms with Crippen molar-refractivity contribution >= 4 is 23.4 Å². The summed E-state index contributed by atoms with van der Waals surface area (Å²) >= 11 is 5.68. The van der Waals surface area contributed by atoms with Crippen LogP contribution in [0.5, 0.6) is 0 Å². The Morgan fingerprint density at radius 2 is 2.27 bits per heavy atom. The van der Waals surface area contributed by atoms with Gasteiger partial charge in [-0.2, -0.15) is 0 Å². The van der Waals surface area contributed by atoms with E-state index in [9.17, 15) is 9.59 Å². The van der Waals surface area contributed by atoms with Gasteiger partial charge in [-0.05, 0) is 20.3 Å². The third kappa shape index (κ3) is 2.62. The first kappa shape index (κ1) is 12.3. The van der Waals surface area contributed by atoms with Crippen LogP contribution in [0.1, 0.15) is 20.3 Å². The third-order valence-electron chi connectivity index (χ3n) is 2.68. The highest BCUT2D eigenvalue weighted by molar-refractivity contribution is 6.19. The summed E-state index contributed by atoms with van der Waals surface area (Å²) in [6.45, 7) is 4.22. The topological polar surface area (TPSA) is 49.4 Å². The van der Waals surface area contributed by atoms with E-state index >= 15 is 0 Å². The highest BCUT2D eigenvalue weighted by atomic mass is 35.5. The number of alkyl halides is 1. The number of carbonyl (C=O) groups excluding carboxylic acids is 2. The Labute approximate surface area is 95.0 Å². The predicted octanol–water partition coefficient (Wildman–Crippen LogP) is 0.598. The van der Waals surface area contributed by atoms with Crippen molar-refractivity contribution in [1.29, 1.82) is 0 Å². The van der Waals surface area contributed by atoms with Crippen molar-refractivity contribution < 1.29 is 9.59 Å². The number of halogens is 1. The molecule has 4 nitrogen and oxygen atoms in total. The normalized spacial score (nSPS) is 22.0. The zero-order valence-corrected chi connectivity index (χ0v) is 10.1. The van der Waals surface area contributed by atoms with Gasteiger partial charge >= 0.3 is 0 Å². The number of hydrogen-bond donors (Lipinski definition) is 1. The summed E-state index contributed by atoms with van der Waals surface area (Å²) in [7, 11) is 1.74. The van der Waals surface area contributed by atoms with Crippen LogP contribution in [0.15, 0.2) is 0 Å². The lowest BCUT2D eigenvalue weighted by Gasteiger charge is -2.22. The number of likely N-dealkylation sites (N-methyl/N-ethyl adjacent to an activating group) is 1. The Morgan fingerprint density at radius 3 is 2.67 bits per heavy atom. The molecule has 1 N–H and O–H groups in total. The van der Waals surface area contributed by atoms with Crippen LogP contribution in [0, 0.1) is 5.41 Å². The summed E-state index contributed by atoms with van der Waals surface area (Å²) in [5.74, 6) is 0.0649. The number of rotatable bonds is 3. The van der Waals surface area contributed by atoms with E-state index in [-0.39, 0.29) is 23.7 Å². The van der Waals surface area contributed by atoms with E-state index in [0.717, 1.165) is 0 Å². The molecule has 0 bridgehead atoms. The van der Waals surface area contributed by atoms with Crippen molar-refractivity contribution in [2.75, 3.05) is 19.5 Å². The molecular weight excluding hydrogens is 216 g/mol. The van der Waals surface area contributed by atoms with Crippen molar-refractivity contribution in [1.82, 2.24) is 10.2 Å². The van der Waals surface area contributed by atoms with Crippen molar-refractivity contribution in [3.63, 3.8) is 0 Å². The third-order valence-corrected chi connectivity index (χ3v) is 3.35. The van der Waals surface area contributed by atoms with Gasteiger partial charge in [0.25, 0.3) is 0 Å². The molecule has 5 heteroatoms. The van der Waals surface area contributed by atoms with Gasteiger partial charge in [0, 0.05) is 19.5 Å². The number of carbonyl (C=O) groups is 2. The Kier molecular flexibility index (Phi) is 3.60. The van der Waals surface area contributed by atoms with Crippen LogP contribution in [-0.2, 0) is 9.59 Å². The lowest BCUT2D eigenvalue weighted by molar-refractivity contribution is -0.134. The van der Waals surface area contributed by atoms with E-state index in [4.69, 9.17) is 11.6 Å². The average molecular weight is 233 g/mol. The van der Waals surface area contributed by atoms with Gasteiger partial charge in [-0.25, -0.2) is 0 Å². The maximum Gasteiger partial charge on any atom is 0.244 e. The first-order valence-corrected chi connectivity index (χ1v) is 5.54. The molecule has 1 atom stereocenters. The van der Waals surface area contributed by atoms with Crippen LogP contribution in [0.2, 0.25) is 0 Å². The number of nitrogens with one attached hydrogen (secondary N) is 1. The Balaban J connectivity index is 2.56. The molecule has 1 heterocycles. The summed E-state index contributed by atoms with van der Waals surface area (Å²) in [4.78, 5) is 24.9. The Morgan fingerprint density at radius 1 is 1.67 bits per heavy atom. The zero-order valence-electron chi connectivity index (χ0n) is 9.34. The van der Waals surface area contributed by atoms with Crippen LogP contribution in [0.25, 0.3) is 0 Å². The molecule has 86 valence electrons. The van der Waals surface area contributed by atoms with Crippen LogP contribution < -0.4 is 5.32 Å². The summed E-state index contributed by atoms with van der Waals surface area (Å²) in [5, 5.41) is 2.74. The molecule has 1 aliphatic heterocycles. The smallest absolute Gasteiger partial charge is 0.244 e. The van der Waals surface area contributed by atoms with Gasteiger partial charge in [0.1, 0.15) is 6.04 Å². The minimum absolute atomic E-state index is 0.0197. The number of nitrogens with zero attached hydrogens (tertiary/aromatic N) is 1. The number of hydrogen-bond acceptors (Lipinski definition) is 2. The molecular formula is C10H17ClN2O2. The first-order chi connectivity index (χ1) is 6.88. The fourth-order valence-corrected chi connectivity index (χ4v) is 1.49. The molecule has 0 aromatic carbocycles. The minimum Gasteiger partial charge on any atom is -0.344 e. The molecule has 0 saturated carbocycles. The van der Waals surface area contributed by atoms with Crippen LogP contribution in [0.4, 0.5) is 0 Å². The molecule has 0 aromatic rings. The van der Waals surface area contributed by atoms with E-state index < -0.39 is 5.41 Å². The molecule has 1 unspecified atom stereocenters. The highest BCUT2D eigenvalue weighted by Gasteiger charge is 2.34. The average Bonchev–Trinajstić information content (AvgIpc) is 2.49. The van der Waals surface area contributed by atoms with Gasteiger partial charge in [0.15, 0.2) is 0 Å². The SMILES string of the molecule is CN1CCC(NC(=O)C(C)(C)CCl)C1=O. The fraction of sp³-hybridized carbons (Fsp3) is 0.800. The standard InChI is InChI=1S/C10H17ClN2O2/c1-10(2,6-11)9(15)12-7-4-5-13(3)8(7)14/h7H,4-6H2,1-3H3,(H,12,15). The second-order valence-corrected chi connectivity index (χ2v) is 4.86. The van der Waals surface area contributed by atoms with Gasteiger partial charge in [0.2, 0.25) is 11.8 Å². The fourth-order valence-electron chi connectivity index (χ4n) is 1.37. The minimum atomic E-state index is -0.622. The molecule has 0 aliphatic carbocycles. The quantitative estimate of drug-likeness (QED) is 0.725. The predicted molar refractivity (Wildman–Crippen MR) is 58.7 cm³/mol. The number of amides is 2. The largest absolute Gasteiger partial charge is 0.344 e. The molecule has 0 radical (unpaired) electrons. The zero-order chi connectivity index (χ0) is 11.6. The lowest BCUT2D eigenvalue weighted by atomic mass is 9.95. The second kappa shape index (κ2) is 4.39.